The maximum atomic E-state index is 13.6. The van der Waals surface area contributed by atoms with Crippen molar-refractivity contribution in [2.45, 2.75) is 101 Å². The monoisotopic (exact) mass is 624 g/mol. The van der Waals surface area contributed by atoms with Crippen LogP contribution in [0.15, 0.2) is 48.5 Å². The smallest absolute Gasteiger partial charge is 0.375 e. The Kier molecular flexibility index (Phi) is 9.17. The van der Waals surface area contributed by atoms with Gasteiger partial charge in [-0.25, -0.2) is 0 Å². The van der Waals surface area contributed by atoms with Gasteiger partial charge < -0.3 is 15.0 Å². The van der Waals surface area contributed by atoms with Gasteiger partial charge in [0, 0.05) is 12.6 Å². The number of hydrogen-bond acceptors (Lipinski definition) is 3. The molecule has 0 radical (unpaired) electrons. The number of rotatable bonds is 6. The topological polar surface area (TPSA) is 41.6 Å². The number of carbonyl (C=O) groups excluding carboxylic acids is 1. The summed E-state index contributed by atoms with van der Waals surface area (Å²) < 4.78 is 87.0. The van der Waals surface area contributed by atoms with Gasteiger partial charge in [-0.05, 0) is 120 Å². The number of hydrogen-bond donors (Lipinski definition) is 1. The van der Waals surface area contributed by atoms with Gasteiger partial charge in [0.05, 0.1) is 28.2 Å². The number of nitrogens with zero attached hydrogens (tertiary/aromatic N) is 1. The Bertz CT molecular complexity index is 1260. The molecule has 2 unspecified atom stereocenters. The second-order valence-electron chi connectivity index (χ2n) is 13.4. The van der Waals surface area contributed by atoms with E-state index in [9.17, 15) is 31.1 Å². The summed E-state index contributed by atoms with van der Waals surface area (Å²) >= 11 is 0. The minimum absolute atomic E-state index is 0.0787. The fourth-order valence-electron chi connectivity index (χ4n) is 7.82. The SMILES string of the molecule is CC(C(=O)NC1(c2ccccc2)CCC(N2CCC(C3CCOC3(C)C)CC2)CC1)c1cc(C(F)(F)F)cc(C(F)(F)F)c1. The molecular formula is C34H42F6N2O2. The Morgan fingerprint density at radius 2 is 1.45 bits per heavy atom. The van der Waals surface area contributed by atoms with Crippen molar-refractivity contribution < 1.29 is 35.9 Å². The Morgan fingerprint density at radius 1 is 0.886 bits per heavy atom. The number of ether oxygens (including phenoxy) is 1. The van der Waals surface area contributed by atoms with Crippen LogP contribution >= 0.6 is 0 Å². The van der Waals surface area contributed by atoms with Crippen molar-refractivity contribution in [1.29, 1.82) is 0 Å². The Morgan fingerprint density at radius 3 is 1.95 bits per heavy atom. The number of alkyl halides is 6. The zero-order valence-corrected chi connectivity index (χ0v) is 25.5. The highest BCUT2D eigenvalue weighted by Gasteiger charge is 2.45. The third-order valence-electron chi connectivity index (χ3n) is 10.5. The first kappa shape index (κ1) is 32.8. The first-order valence-corrected chi connectivity index (χ1v) is 15.6. The average Bonchev–Trinajstić information content (AvgIpc) is 3.35. The molecule has 2 aromatic rings. The Balaban J connectivity index is 1.30. The average molecular weight is 625 g/mol. The molecule has 1 amide bonds. The molecule has 2 aromatic carbocycles. The van der Waals surface area contributed by atoms with Crippen LogP contribution in [0.1, 0.15) is 93.9 Å². The summed E-state index contributed by atoms with van der Waals surface area (Å²) in [6, 6.07) is 11.2. The number of likely N-dealkylation sites (tertiary alicyclic amines) is 1. The largest absolute Gasteiger partial charge is 0.416 e. The van der Waals surface area contributed by atoms with E-state index in [4.69, 9.17) is 4.74 Å². The summed E-state index contributed by atoms with van der Waals surface area (Å²) in [4.78, 5) is 16.2. The van der Waals surface area contributed by atoms with Crippen molar-refractivity contribution >= 4 is 5.91 Å². The summed E-state index contributed by atoms with van der Waals surface area (Å²) in [7, 11) is 0. The quantitative estimate of drug-likeness (QED) is 0.329. The number of piperidine rings is 1. The van der Waals surface area contributed by atoms with E-state index in [2.05, 4.69) is 24.1 Å². The molecule has 0 bridgehead atoms. The van der Waals surface area contributed by atoms with E-state index in [1.54, 1.807) is 0 Å². The van der Waals surface area contributed by atoms with Crippen molar-refractivity contribution in [1.82, 2.24) is 10.2 Å². The molecule has 10 heteroatoms. The number of nitrogens with one attached hydrogen (secondary N) is 1. The maximum absolute atomic E-state index is 13.6. The highest BCUT2D eigenvalue weighted by molar-refractivity contribution is 5.84. The highest BCUT2D eigenvalue weighted by atomic mass is 19.4. The van der Waals surface area contributed by atoms with E-state index >= 15 is 0 Å². The van der Waals surface area contributed by atoms with Crippen LogP contribution in [-0.4, -0.2) is 42.1 Å². The molecule has 1 N–H and O–H groups in total. The van der Waals surface area contributed by atoms with E-state index in [-0.39, 0.29) is 17.2 Å². The van der Waals surface area contributed by atoms with Crippen LogP contribution in [0.25, 0.3) is 0 Å². The lowest BCUT2D eigenvalue weighted by Crippen LogP contribution is -2.53. The molecule has 44 heavy (non-hydrogen) atoms. The Hall–Kier alpha value is -2.59. The van der Waals surface area contributed by atoms with E-state index in [0.29, 0.717) is 42.9 Å². The molecule has 0 spiro atoms. The zero-order valence-electron chi connectivity index (χ0n) is 25.5. The number of carbonyl (C=O) groups is 1. The van der Waals surface area contributed by atoms with Crippen LogP contribution in [0.2, 0.25) is 0 Å². The van der Waals surface area contributed by atoms with E-state index in [1.165, 1.54) is 6.92 Å². The van der Waals surface area contributed by atoms with Crippen molar-refractivity contribution in [2.75, 3.05) is 19.7 Å². The van der Waals surface area contributed by atoms with Crippen LogP contribution in [0.3, 0.4) is 0 Å². The molecule has 3 fully saturated rings. The van der Waals surface area contributed by atoms with Crippen LogP contribution in [0, 0.1) is 11.8 Å². The van der Waals surface area contributed by atoms with Gasteiger partial charge in [-0.15, -0.1) is 0 Å². The summed E-state index contributed by atoms with van der Waals surface area (Å²) in [6.45, 7) is 8.60. The summed E-state index contributed by atoms with van der Waals surface area (Å²) in [6.07, 6.45) is -3.69. The molecule has 0 aromatic heterocycles. The molecule has 1 saturated carbocycles. The van der Waals surface area contributed by atoms with Crippen LogP contribution < -0.4 is 5.32 Å². The van der Waals surface area contributed by atoms with Crippen molar-refractivity contribution in [3.63, 3.8) is 0 Å². The standard InChI is InChI=1S/C34H42F6N2O2/c1-22(24-19-26(33(35,36)37)21-27(20-24)34(38,39)40)30(43)41-32(25-7-5-4-6-8-25)14-9-28(10-15-32)42-16-11-23(12-17-42)29-13-18-44-31(29,2)3/h4-8,19-23,28-29H,9-18H2,1-3H3,(H,41,43). The van der Waals surface area contributed by atoms with Crippen LogP contribution in [0.4, 0.5) is 26.3 Å². The fourth-order valence-corrected chi connectivity index (χ4v) is 7.82. The lowest BCUT2D eigenvalue weighted by atomic mass is 9.72. The number of amides is 1. The van der Waals surface area contributed by atoms with Gasteiger partial charge in [-0.1, -0.05) is 30.3 Å². The maximum Gasteiger partial charge on any atom is 0.416 e. The number of halogens is 6. The molecule has 3 aliphatic rings. The second kappa shape index (κ2) is 12.3. The minimum Gasteiger partial charge on any atom is -0.375 e. The van der Waals surface area contributed by atoms with Gasteiger partial charge in [0.25, 0.3) is 0 Å². The van der Waals surface area contributed by atoms with E-state index < -0.39 is 40.8 Å². The normalized spacial score (nSPS) is 27.7. The van der Waals surface area contributed by atoms with Gasteiger partial charge in [0.15, 0.2) is 0 Å². The fraction of sp³-hybridized carbons (Fsp3) is 0.618. The predicted octanol–water partition coefficient (Wildman–Crippen LogP) is 8.31. The minimum atomic E-state index is -4.98. The molecule has 5 rings (SSSR count). The molecule has 2 heterocycles. The highest BCUT2D eigenvalue weighted by Crippen LogP contribution is 2.44. The number of benzene rings is 2. The van der Waals surface area contributed by atoms with Crippen molar-refractivity contribution in [3.8, 4) is 0 Å². The van der Waals surface area contributed by atoms with Gasteiger partial charge >= 0.3 is 12.4 Å². The molecule has 2 atom stereocenters. The van der Waals surface area contributed by atoms with E-state index in [1.807, 2.05) is 30.3 Å². The zero-order chi connectivity index (χ0) is 31.9. The van der Waals surface area contributed by atoms with Gasteiger partial charge in [-0.2, -0.15) is 26.3 Å². The first-order valence-electron chi connectivity index (χ1n) is 15.6. The third-order valence-corrected chi connectivity index (χ3v) is 10.5. The van der Waals surface area contributed by atoms with Crippen molar-refractivity contribution in [2.24, 2.45) is 11.8 Å². The molecular weight excluding hydrogens is 582 g/mol. The van der Waals surface area contributed by atoms with Gasteiger partial charge in [0.2, 0.25) is 5.91 Å². The second-order valence-corrected chi connectivity index (χ2v) is 13.4. The predicted molar refractivity (Wildman–Crippen MR) is 156 cm³/mol. The van der Waals surface area contributed by atoms with E-state index in [0.717, 1.165) is 57.4 Å². The van der Waals surface area contributed by atoms with Crippen LogP contribution in [0.5, 0.6) is 0 Å². The molecule has 2 saturated heterocycles. The first-order chi connectivity index (χ1) is 20.6. The summed E-state index contributed by atoms with van der Waals surface area (Å²) in [5.41, 5.74) is -3.12. The lowest BCUT2D eigenvalue weighted by molar-refractivity contribution is -0.143. The van der Waals surface area contributed by atoms with Crippen molar-refractivity contribution in [3.05, 3.63) is 70.8 Å². The summed E-state index contributed by atoms with van der Waals surface area (Å²) in [5.74, 6) is -0.602. The summed E-state index contributed by atoms with van der Waals surface area (Å²) in [5, 5.41) is 3.11. The third kappa shape index (κ3) is 6.96. The Labute approximate surface area is 255 Å². The molecule has 2 aliphatic heterocycles. The van der Waals surface area contributed by atoms with Crippen LogP contribution in [-0.2, 0) is 27.4 Å². The molecule has 4 nitrogen and oxygen atoms in total. The molecule has 1 aliphatic carbocycles. The van der Waals surface area contributed by atoms with Gasteiger partial charge in [-0.3, -0.25) is 4.79 Å². The van der Waals surface area contributed by atoms with Gasteiger partial charge in [0.1, 0.15) is 0 Å². The lowest BCUT2D eigenvalue weighted by Gasteiger charge is -2.47. The molecule has 242 valence electrons.